The van der Waals surface area contributed by atoms with Crippen LogP contribution >= 0.6 is 22.9 Å². The van der Waals surface area contributed by atoms with Gasteiger partial charge in [0.05, 0.1) is 27.5 Å². The summed E-state index contributed by atoms with van der Waals surface area (Å²) in [5.41, 5.74) is 0.543. The molecule has 1 atom stereocenters. The molecule has 0 unspecified atom stereocenters. The van der Waals surface area contributed by atoms with Crippen molar-refractivity contribution < 1.29 is 23.5 Å². The first-order valence-corrected chi connectivity index (χ1v) is 10.2. The summed E-state index contributed by atoms with van der Waals surface area (Å²) in [6.45, 7) is 0.772. The number of amides is 3. The number of nitrogens with zero attached hydrogens (tertiary/aromatic N) is 2. The van der Waals surface area contributed by atoms with Crippen molar-refractivity contribution in [1.29, 1.82) is 0 Å². The fourth-order valence-corrected chi connectivity index (χ4v) is 4.35. The number of thiophene rings is 1. The lowest BCUT2D eigenvalue weighted by Crippen LogP contribution is -2.42. The fraction of sp³-hybridized carbons (Fsp3) is 0.316. The number of morpholine rings is 1. The Kier molecular flexibility index (Phi) is 5.53. The summed E-state index contributed by atoms with van der Waals surface area (Å²) < 4.78 is 20.2. The summed E-state index contributed by atoms with van der Waals surface area (Å²) in [6, 6.07) is 7.19. The largest absolute Gasteiger partial charge is 0.370 e. The van der Waals surface area contributed by atoms with Gasteiger partial charge in [0.15, 0.2) is 0 Å². The predicted octanol–water partition coefficient (Wildman–Crippen LogP) is 2.44. The first-order chi connectivity index (χ1) is 13.9. The summed E-state index contributed by atoms with van der Waals surface area (Å²) in [7, 11) is 0. The summed E-state index contributed by atoms with van der Waals surface area (Å²) >= 11 is 7.01. The minimum absolute atomic E-state index is 0.0807. The van der Waals surface area contributed by atoms with Crippen LogP contribution in [0.3, 0.4) is 0 Å². The number of carbonyl (C=O) groups is 3. The quantitative estimate of drug-likeness (QED) is 0.796. The summed E-state index contributed by atoms with van der Waals surface area (Å²) in [5.74, 6) is -1.41. The van der Waals surface area contributed by atoms with Crippen LogP contribution in [0.15, 0.2) is 30.3 Å². The zero-order valence-electron chi connectivity index (χ0n) is 15.2. The molecule has 3 heterocycles. The van der Waals surface area contributed by atoms with Gasteiger partial charge in [-0.1, -0.05) is 11.6 Å². The zero-order valence-corrected chi connectivity index (χ0v) is 16.8. The second-order valence-electron chi connectivity index (χ2n) is 6.72. The molecule has 2 saturated heterocycles. The normalized spacial score (nSPS) is 19.7. The maximum atomic E-state index is 14.7. The highest BCUT2D eigenvalue weighted by atomic mass is 35.5. The lowest BCUT2D eigenvalue weighted by molar-refractivity contribution is -0.125. The van der Waals surface area contributed by atoms with Gasteiger partial charge >= 0.3 is 0 Å². The zero-order chi connectivity index (χ0) is 20.5. The van der Waals surface area contributed by atoms with E-state index < -0.39 is 5.82 Å². The van der Waals surface area contributed by atoms with Crippen LogP contribution in [-0.4, -0.2) is 50.1 Å². The van der Waals surface area contributed by atoms with E-state index >= 15 is 0 Å². The molecular formula is C19H17ClFN3O4S. The van der Waals surface area contributed by atoms with Crippen molar-refractivity contribution in [2.24, 2.45) is 0 Å². The van der Waals surface area contributed by atoms with Gasteiger partial charge in [-0.25, -0.2) is 4.39 Å². The highest BCUT2D eigenvalue weighted by Crippen LogP contribution is 2.29. The number of carbonyl (C=O) groups excluding carboxylic acids is 3. The maximum absolute atomic E-state index is 14.7. The van der Waals surface area contributed by atoms with Crippen LogP contribution in [0.25, 0.3) is 0 Å². The van der Waals surface area contributed by atoms with Crippen molar-refractivity contribution in [1.82, 2.24) is 5.32 Å². The summed E-state index contributed by atoms with van der Waals surface area (Å²) in [4.78, 5) is 39.8. The Balaban J connectivity index is 1.46. The number of ether oxygens (including phenoxy) is 1. The van der Waals surface area contributed by atoms with Crippen LogP contribution in [0.5, 0.6) is 0 Å². The van der Waals surface area contributed by atoms with Crippen molar-refractivity contribution in [2.75, 3.05) is 36.1 Å². The molecule has 10 heteroatoms. The molecule has 3 amide bonds. The van der Waals surface area contributed by atoms with Crippen LogP contribution < -0.4 is 15.1 Å². The molecule has 0 bridgehead atoms. The molecule has 29 heavy (non-hydrogen) atoms. The van der Waals surface area contributed by atoms with Gasteiger partial charge in [-0.3, -0.25) is 14.4 Å². The van der Waals surface area contributed by atoms with Gasteiger partial charge in [0, 0.05) is 25.2 Å². The number of rotatable bonds is 4. The monoisotopic (exact) mass is 437 g/mol. The molecule has 1 aromatic carbocycles. The van der Waals surface area contributed by atoms with Crippen LogP contribution in [0.2, 0.25) is 4.34 Å². The lowest BCUT2D eigenvalue weighted by Gasteiger charge is -2.27. The van der Waals surface area contributed by atoms with Gasteiger partial charge in [-0.15, -0.1) is 11.3 Å². The minimum Gasteiger partial charge on any atom is -0.370 e. The van der Waals surface area contributed by atoms with E-state index in [0.29, 0.717) is 21.5 Å². The van der Waals surface area contributed by atoms with Crippen LogP contribution in [0, 0.1) is 5.82 Å². The molecular weight excluding hydrogens is 421 g/mol. The summed E-state index contributed by atoms with van der Waals surface area (Å²) in [5, 5.41) is 2.81. The third kappa shape index (κ3) is 4.12. The molecule has 0 saturated carbocycles. The fourth-order valence-electron chi connectivity index (χ4n) is 3.40. The highest BCUT2D eigenvalue weighted by Gasteiger charge is 2.33. The lowest BCUT2D eigenvalue weighted by atomic mass is 10.2. The number of halogens is 2. The summed E-state index contributed by atoms with van der Waals surface area (Å²) in [6.07, 6.45) is 0.121. The van der Waals surface area contributed by atoms with Crippen molar-refractivity contribution in [3.05, 3.63) is 45.4 Å². The number of anilines is 2. The Hall–Kier alpha value is -2.49. The second-order valence-corrected chi connectivity index (χ2v) is 8.43. The molecule has 1 aromatic heterocycles. The van der Waals surface area contributed by atoms with Gasteiger partial charge in [0.1, 0.15) is 12.4 Å². The predicted molar refractivity (Wildman–Crippen MR) is 107 cm³/mol. The van der Waals surface area contributed by atoms with Crippen LogP contribution in [0.4, 0.5) is 15.8 Å². The van der Waals surface area contributed by atoms with E-state index in [0.717, 1.165) is 11.3 Å². The number of nitrogens with one attached hydrogen (secondary N) is 1. The van der Waals surface area contributed by atoms with Crippen molar-refractivity contribution in [3.8, 4) is 0 Å². The van der Waals surface area contributed by atoms with E-state index in [1.165, 1.54) is 21.9 Å². The Labute approximate surface area is 175 Å². The van der Waals surface area contributed by atoms with E-state index in [9.17, 15) is 18.8 Å². The Morgan fingerprint density at radius 1 is 1.21 bits per heavy atom. The first-order valence-electron chi connectivity index (χ1n) is 8.96. The third-order valence-corrected chi connectivity index (χ3v) is 6.01. The van der Waals surface area contributed by atoms with Crippen molar-refractivity contribution >= 4 is 52.0 Å². The molecule has 2 aliphatic rings. The SMILES string of the molecule is O=C(N[C@@H]1CC(=O)N(c2ccc(N3CCOCC3=O)c(F)c2)C1)c1ccc(Cl)s1. The molecule has 7 nitrogen and oxygen atoms in total. The number of hydrogen-bond donors (Lipinski definition) is 1. The standard InChI is InChI=1S/C19H17ClFN3O4S/c20-16-4-3-15(29-16)19(27)22-11-7-17(25)24(9-11)12-1-2-14(13(21)8-12)23-5-6-28-10-18(23)26/h1-4,8,11H,5-7,9-10H2,(H,22,27)/t11-/m1/s1. The van der Waals surface area contributed by atoms with Crippen molar-refractivity contribution in [3.63, 3.8) is 0 Å². The first kappa shape index (κ1) is 19.8. The van der Waals surface area contributed by atoms with Crippen LogP contribution in [-0.2, 0) is 14.3 Å². The molecule has 0 radical (unpaired) electrons. The topological polar surface area (TPSA) is 79.0 Å². The molecule has 4 rings (SSSR count). The van der Waals surface area contributed by atoms with E-state index in [1.807, 2.05) is 0 Å². The average Bonchev–Trinajstić information content (AvgIpc) is 3.28. The van der Waals surface area contributed by atoms with Gasteiger partial charge in [0.2, 0.25) is 5.91 Å². The smallest absolute Gasteiger partial charge is 0.261 e. The molecule has 152 valence electrons. The molecule has 0 spiro atoms. The average molecular weight is 438 g/mol. The molecule has 0 aliphatic carbocycles. The highest BCUT2D eigenvalue weighted by molar-refractivity contribution is 7.18. The van der Waals surface area contributed by atoms with E-state index in [4.69, 9.17) is 16.3 Å². The van der Waals surface area contributed by atoms with Gasteiger partial charge in [0.25, 0.3) is 11.8 Å². The van der Waals surface area contributed by atoms with E-state index in [2.05, 4.69) is 5.32 Å². The molecule has 2 aliphatic heterocycles. The van der Waals surface area contributed by atoms with E-state index in [-0.39, 0.29) is 55.6 Å². The Morgan fingerprint density at radius 2 is 2.03 bits per heavy atom. The number of benzene rings is 1. The van der Waals surface area contributed by atoms with Gasteiger partial charge in [-0.05, 0) is 30.3 Å². The van der Waals surface area contributed by atoms with Gasteiger partial charge in [-0.2, -0.15) is 0 Å². The minimum atomic E-state index is -0.591. The Bertz CT molecular complexity index is 982. The Morgan fingerprint density at radius 3 is 2.72 bits per heavy atom. The molecule has 2 aromatic rings. The van der Waals surface area contributed by atoms with Crippen LogP contribution in [0.1, 0.15) is 16.1 Å². The maximum Gasteiger partial charge on any atom is 0.261 e. The van der Waals surface area contributed by atoms with Gasteiger partial charge < -0.3 is 19.9 Å². The molecule has 2 fully saturated rings. The van der Waals surface area contributed by atoms with E-state index in [1.54, 1.807) is 18.2 Å². The third-order valence-electron chi connectivity index (χ3n) is 4.78. The van der Waals surface area contributed by atoms with Crippen molar-refractivity contribution in [2.45, 2.75) is 12.5 Å². The molecule has 1 N–H and O–H groups in total. The number of hydrogen-bond acceptors (Lipinski definition) is 5. The second kappa shape index (κ2) is 8.10.